The number of amides is 1. The molecule has 0 radical (unpaired) electrons. The molecule has 1 saturated heterocycles. The van der Waals surface area contributed by atoms with E-state index in [0.29, 0.717) is 23.6 Å². The van der Waals surface area contributed by atoms with Crippen LogP contribution >= 0.6 is 0 Å². The van der Waals surface area contributed by atoms with Gasteiger partial charge in [0.15, 0.2) is 6.17 Å². The zero-order chi connectivity index (χ0) is 19.9. The van der Waals surface area contributed by atoms with Crippen LogP contribution in [0.3, 0.4) is 0 Å². The number of benzene rings is 1. The van der Waals surface area contributed by atoms with Gasteiger partial charge in [-0.05, 0) is 19.1 Å². The fourth-order valence-corrected chi connectivity index (χ4v) is 3.38. The molecule has 2 aliphatic rings. The normalized spacial score (nSPS) is 19.1. The van der Waals surface area contributed by atoms with Crippen molar-refractivity contribution in [1.29, 1.82) is 0 Å². The Kier molecular flexibility index (Phi) is 4.40. The number of carbonyl (C=O) groups is 1. The van der Waals surface area contributed by atoms with Crippen LogP contribution in [0.5, 0.6) is 0 Å². The molecule has 10 heteroatoms. The third-order valence-corrected chi connectivity index (χ3v) is 4.76. The number of carbonyl (C=O) groups excluding carboxylic acids is 1. The van der Waals surface area contributed by atoms with Crippen molar-refractivity contribution in [3.05, 3.63) is 59.2 Å². The van der Waals surface area contributed by atoms with Crippen molar-refractivity contribution in [3.8, 4) is 0 Å². The summed E-state index contributed by atoms with van der Waals surface area (Å²) in [4.78, 5) is 24.4. The van der Waals surface area contributed by atoms with Gasteiger partial charge in [0.1, 0.15) is 11.5 Å². The molecule has 2 aromatic rings. The molecule has 0 saturated carbocycles. The lowest BCUT2D eigenvalue weighted by Crippen LogP contribution is -2.52. The van der Waals surface area contributed by atoms with Gasteiger partial charge < -0.3 is 9.80 Å². The van der Waals surface area contributed by atoms with Gasteiger partial charge in [0.05, 0.1) is 23.9 Å². The second-order valence-corrected chi connectivity index (χ2v) is 6.66. The fourth-order valence-electron chi connectivity index (χ4n) is 3.38. The van der Waals surface area contributed by atoms with E-state index in [1.54, 1.807) is 25.5 Å². The molecule has 3 heterocycles. The predicted octanol–water partition coefficient (Wildman–Crippen LogP) is 2.18. The number of hydrogen-bond donors (Lipinski definition) is 1. The molecule has 28 heavy (non-hydrogen) atoms. The Balaban J connectivity index is 1.54. The van der Waals surface area contributed by atoms with E-state index >= 15 is 0 Å². The molecule has 1 N–H and O–H groups in total. The lowest BCUT2D eigenvalue weighted by molar-refractivity contribution is -0.138. The summed E-state index contributed by atoms with van der Waals surface area (Å²) in [5.74, 6) is -0.0754. The van der Waals surface area contributed by atoms with Crippen LogP contribution < -0.4 is 5.43 Å². The summed E-state index contributed by atoms with van der Waals surface area (Å²) in [5.41, 5.74) is 2.82. The number of aryl methyl sites for hydroxylation is 1. The Morgan fingerprint density at radius 3 is 2.79 bits per heavy atom. The molecule has 0 bridgehead atoms. The third-order valence-electron chi connectivity index (χ3n) is 4.76. The average Bonchev–Trinajstić information content (AvgIpc) is 3.10. The van der Waals surface area contributed by atoms with Gasteiger partial charge in [-0.2, -0.15) is 18.3 Å². The number of halogens is 3. The van der Waals surface area contributed by atoms with Gasteiger partial charge in [0.2, 0.25) is 0 Å². The van der Waals surface area contributed by atoms with Gasteiger partial charge in [-0.15, -0.1) is 0 Å². The zero-order valence-corrected chi connectivity index (χ0v) is 14.9. The van der Waals surface area contributed by atoms with Gasteiger partial charge in [-0.25, -0.2) is 0 Å². The number of alkyl halides is 3. The van der Waals surface area contributed by atoms with Crippen LogP contribution in [0.1, 0.15) is 33.3 Å². The van der Waals surface area contributed by atoms with Crippen LogP contribution in [0.2, 0.25) is 0 Å². The lowest BCUT2D eigenvalue weighted by atomic mass is 10.0. The van der Waals surface area contributed by atoms with Gasteiger partial charge in [0, 0.05) is 25.5 Å². The molecule has 1 fully saturated rings. The van der Waals surface area contributed by atoms with Crippen molar-refractivity contribution in [2.75, 3.05) is 19.6 Å². The average molecular weight is 390 g/mol. The Hall–Kier alpha value is -3.17. The van der Waals surface area contributed by atoms with Gasteiger partial charge in [0.25, 0.3) is 5.91 Å². The molecule has 1 aromatic heterocycles. The molecule has 1 unspecified atom stereocenters. The summed E-state index contributed by atoms with van der Waals surface area (Å²) in [6, 6.07) is 3.75. The number of amidine groups is 1. The summed E-state index contributed by atoms with van der Waals surface area (Å²) in [7, 11) is 0. The summed E-state index contributed by atoms with van der Waals surface area (Å²) < 4.78 is 40.2. The maximum absolute atomic E-state index is 13.4. The second kappa shape index (κ2) is 6.77. The minimum atomic E-state index is -4.59. The van der Waals surface area contributed by atoms with Gasteiger partial charge in [-0.3, -0.25) is 20.2 Å². The molecule has 146 valence electrons. The first-order chi connectivity index (χ1) is 13.3. The Labute approximate surface area is 158 Å². The quantitative estimate of drug-likeness (QED) is 0.851. The lowest BCUT2D eigenvalue weighted by Gasteiger charge is -2.36. The van der Waals surface area contributed by atoms with E-state index < -0.39 is 17.6 Å². The predicted molar refractivity (Wildman–Crippen MR) is 94.1 cm³/mol. The zero-order valence-electron chi connectivity index (χ0n) is 14.9. The highest BCUT2D eigenvalue weighted by atomic mass is 19.4. The van der Waals surface area contributed by atoms with Gasteiger partial charge >= 0.3 is 6.18 Å². The smallest absolute Gasteiger partial charge is 0.329 e. The minimum Gasteiger partial charge on any atom is -0.329 e. The maximum Gasteiger partial charge on any atom is 0.417 e. The number of hydrazone groups is 1. The molecule has 1 amide bonds. The number of fused-ring (bicyclic) bond motifs is 1. The number of aromatic nitrogens is 2. The minimum absolute atomic E-state index is 0.119. The van der Waals surface area contributed by atoms with Crippen LogP contribution in [-0.2, 0) is 6.18 Å². The summed E-state index contributed by atoms with van der Waals surface area (Å²) in [5, 5.41) is 4.24. The molecular formula is C18H17F3N6O. The first kappa shape index (κ1) is 18.2. The Morgan fingerprint density at radius 2 is 2.07 bits per heavy atom. The van der Waals surface area contributed by atoms with E-state index in [9.17, 15) is 18.0 Å². The number of hydrogen-bond acceptors (Lipinski definition) is 6. The van der Waals surface area contributed by atoms with E-state index in [1.807, 2.05) is 4.90 Å². The van der Waals surface area contributed by atoms with E-state index in [4.69, 9.17) is 0 Å². The van der Waals surface area contributed by atoms with Gasteiger partial charge in [-0.1, -0.05) is 11.6 Å². The topological polar surface area (TPSA) is 73.7 Å². The number of piperazine rings is 1. The monoisotopic (exact) mass is 390 g/mol. The largest absolute Gasteiger partial charge is 0.417 e. The van der Waals surface area contributed by atoms with E-state index in [0.717, 1.165) is 6.07 Å². The molecule has 7 nitrogen and oxygen atoms in total. The Bertz CT molecular complexity index is 931. The Morgan fingerprint density at radius 1 is 1.25 bits per heavy atom. The van der Waals surface area contributed by atoms with Crippen molar-refractivity contribution in [2.24, 2.45) is 5.10 Å². The molecular weight excluding hydrogens is 373 g/mol. The first-order valence-electron chi connectivity index (χ1n) is 8.66. The number of rotatable bonds is 2. The third kappa shape index (κ3) is 3.25. The maximum atomic E-state index is 13.4. The first-order valence-corrected chi connectivity index (χ1v) is 8.66. The van der Waals surface area contributed by atoms with Crippen molar-refractivity contribution in [1.82, 2.24) is 25.2 Å². The standard InChI is InChI=1S/C18H17F3N6O/c1-11-2-3-12(13(8-11)18(19,20)21)17(28)26-6-7-27-15(10-26)24-25-16(27)14-9-22-4-5-23-14/h2-5,8-9,16,25H,6-7,10H2,1H3. The van der Waals surface area contributed by atoms with Crippen molar-refractivity contribution < 1.29 is 18.0 Å². The number of nitrogens with zero attached hydrogens (tertiary/aromatic N) is 5. The summed E-state index contributed by atoms with van der Waals surface area (Å²) in [6.45, 7) is 2.38. The molecule has 4 rings (SSSR count). The SMILES string of the molecule is Cc1ccc(C(=O)N2CCN3C(=NNC3c3cnccn3)C2)c(C(F)(F)F)c1. The highest BCUT2D eigenvalue weighted by molar-refractivity contribution is 5.99. The highest BCUT2D eigenvalue weighted by Crippen LogP contribution is 2.34. The molecule has 0 spiro atoms. The number of nitrogens with one attached hydrogen (secondary N) is 1. The second-order valence-electron chi connectivity index (χ2n) is 6.66. The van der Waals surface area contributed by atoms with Crippen LogP contribution in [0.25, 0.3) is 0 Å². The van der Waals surface area contributed by atoms with Crippen LogP contribution in [0.4, 0.5) is 13.2 Å². The van der Waals surface area contributed by atoms with Crippen molar-refractivity contribution in [2.45, 2.75) is 19.3 Å². The van der Waals surface area contributed by atoms with Crippen LogP contribution in [-0.4, -0.2) is 51.1 Å². The van der Waals surface area contributed by atoms with Crippen LogP contribution in [0.15, 0.2) is 41.9 Å². The highest BCUT2D eigenvalue weighted by Gasteiger charge is 2.39. The molecule has 2 aliphatic heterocycles. The van der Waals surface area contributed by atoms with Crippen molar-refractivity contribution >= 4 is 11.7 Å². The van der Waals surface area contributed by atoms with Crippen LogP contribution in [0, 0.1) is 6.92 Å². The summed E-state index contributed by atoms with van der Waals surface area (Å²) >= 11 is 0. The summed E-state index contributed by atoms with van der Waals surface area (Å²) in [6.07, 6.45) is -0.134. The molecule has 1 atom stereocenters. The fraction of sp³-hybridized carbons (Fsp3) is 0.333. The van der Waals surface area contributed by atoms with E-state index in [1.165, 1.54) is 17.0 Å². The van der Waals surface area contributed by atoms with E-state index in [-0.39, 0.29) is 24.8 Å². The molecule has 0 aliphatic carbocycles. The van der Waals surface area contributed by atoms with Crippen molar-refractivity contribution in [3.63, 3.8) is 0 Å². The van der Waals surface area contributed by atoms with E-state index in [2.05, 4.69) is 20.5 Å². The molecule has 1 aromatic carbocycles.